The highest BCUT2D eigenvalue weighted by Crippen LogP contribution is 2.30. The van der Waals surface area contributed by atoms with Crippen LogP contribution in [0.25, 0.3) is 22.4 Å². The Morgan fingerprint density at radius 2 is 1.97 bits per heavy atom. The molecule has 4 rings (SSSR count). The Hall–Kier alpha value is -2.84. The van der Waals surface area contributed by atoms with Crippen molar-refractivity contribution in [1.82, 2.24) is 14.8 Å². The van der Waals surface area contributed by atoms with Gasteiger partial charge in [0.25, 0.3) is 0 Å². The summed E-state index contributed by atoms with van der Waals surface area (Å²) < 4.78 is 8.17. The molecule has 0 bridgehead atoms. The normalized spacial score (nSPS) is 11.1. The van der Waals surface area contributed by atoms with Gasteiger partial charge in [-0.1, -0.05) is 45.9 Å². The van der Waals surface area contributed by atoms with Crippen molar-refractivity contribution >= 4 is 38.7 Å². The highest BCUT2D eigenvalue weighted by molar-refractivity contribution is 9.10. The number of halogens is 1. The number of phenols is 1. The molecule has 0 fully saturated rings. The van der Waals surface area contributed by atoms with E-state index in [0.29, 0.717) is 17.9 Å². The van der Waals surface area contributed by atoms with Crippen LogP contribution in [0.2, 0.25) is 0 Å². The highest BCUT2D eigenvalue weighted by Gasteiger charge is 2.15. The monoisotopic (exact) mass is 469 g/mol. The zero-order valence-electron chi connectivity index (χ0n) is 15.2. The summed E-state index contributed by atoms with van der Waals surface area (Å²) in [6, 6.07) is 14.1. The third kappa shape index (κ3) is 4.13. The van der Waals surface area contributed by atoms with Gasteiger partial charge >= 0.3 is 5.63 Å². The van der Waals surface area contributed by atoms with Gasteiger partial charge < -0.3 is 9.52 Å². The highest BCUT2D eigenvalue weighted by atomic mass is 79.9. The summed E-state index contributed by atoms with van der Waals surface area (Å²) in [4.78, 5) is 11.9. The van der Waals surface area contributed by atoms with Crippen LogP contribution in [0, 0.1) is 0 Å². The summed E-state index contributed by atoms with van der Waals surface area (Å²) in [5.41, 5.74) is 1.66. The molecule has 1 N–H and O–H groups in total. The van der Waals surface area contributed by atoms with E-state index in [4.69, 9.17) is 4.42 Å². The summed E-state index contributed by atoms with van der Waals surface area (Å²) in [5, 5.41) is 19.8. The average molecular weight is 470 g/mol. The molecular formula is C21H16BrN3O3S. The van der Waals surface area contributed by atoms with E-state index in [1.807, 2.05) is 28.8 Å². The van der Waals surface area contributed by atoms with Crippen LogP contribution in [0.3, 0.4) is 0 Å². The van der Waals surface area contributed by atoms with Gasteiger partial charge in [-0.15, -0.1) is 16.8 Å². The summed E-state index contributed by atoms with van der Waals surface area (Å²) in [7, 11) is 0. The van der Waals surface area contributed by atoms with E-state index >= 15 is 0 Å². The van der Waals surface area contributed by atoms with Crippen LogP contribution >= 0.6 is 27.7 Å². The molecule has 0 saturated carbocycles. The summed E-state index contributed by atoms with van der Waals surface area (Å²) >= 11 is 4.92. The van der Waals surface area contributed by atoms with Crippen molar-refractivity contribution < 1.29 is 9.52 Å². The first-order valence-electron chi connectivity index (χ1n) is 8.74. The molecular weight excluding hydrogens is 454 g/mol. The van der Waals surface area contributed by atoms with Crippen molar-refractivity contribution in [2.24, 2.45) is 0 Å². The number of nitrogens with zero attached hydrogens (tertiary/aromatic N) is 3. The zero-order chi connectivity index (χ0) is 20.4. The van der Waals surface area contributed by atoms with E-state index in [0.717, 1.165) is 32.0 Å². The van der Waals surface area contributed by atoms with Crippen LogP contribution in [0.1, 0.15) is 5.56 Å². The smallest absolute Gasteiger partial charge is 0.336 e. The number of rotatable bonds is 6. The maximum absolute atomic E-state index is 11.9. The number of hydrogen-bond donors (Lipinski definition) is 1. The van der Waals surface area contributed by atoms with E-state index in [1.54, 1.807) is 18.2 Å². The first-order valence-corrected chi connectivity index (χ1v) is 10.5. The van der Waals surface area contributed by atoms with Gasteiger partial charge in [-0.25, -0.2) is 4.79 Å². The molecule has 2 aromatic heterocycles. The number of fused-ring (bicyclic) bond motifs is 1. The fourth-order valence-electron chi connectivity index (χ4n) is 2.98. The minimum Gasteiger partial charge on any atom is -0.508 e. The van der Waals surface area contributed by atoms with E-state index in [1.165, 1.54) is 23.9 Å². The Balaban J connectivity index is 1.67. The van der Waals surface area contributed by atoms with Gasteiger partial charge in [-0.2, -0.15) is 0 Å². The van der Waals surface area contributed by atoms with E-state index in [-0.39, 0.29) is 5.75 Å². The molecule has 146 valence electrons. The van der Waals surface area contributed by atoms with Crippen molar-refractivity contribution in [3.63, 3.8) is 0 Å². The Morgan fingerprint density at radius 1 is 1.17 bits per heavy atom. The lowest BCUT2D eigenvalue weighted by Gasteiger charge is -2.09. The predicted molar refractivity (Wildman–Crippen MR) is 117 cm³/mol. The van der Waals surface area contributed by atoms with Crippen LogP contribution in [0.15, 0.2) is 80.0 Å². The van der Waals surface area contributed by atoms with Gasteiger partial charge in [0, 0.05) is 39.9 Å². The molecule has 29 heavy (non-hydrogen) atoms. The van der Waals surface area contributed by atoms with Gasteiger partial charge in [0.15, 0.2) is 11.0 Å². The van der Waals surface area contributed by atoms with Crippen molar-refractivity contribution in [3.8, 4) is 17.1 Å². The van der Waals surface area contributed by atoms with Crippen LogP contribution in [0.5, 0.6) is 5.75 Å². The molecule has 0 spiro atoms. The van der Waals surface area contributed by atoms with Crippen molar-refractivity contribution in [1.29, 1.82) is 0 Å². The zero-order valence-corrected chi connectivity index (χ0v) is 17.6. The molecule has 0 radical (unpaired) electrons. The van der Waals surface area contributed by atoms with Gasteiger partial charge in [-0.05, 0) is 29.8 Å². The quantitative estimate of drug-likeness (QED) is 0.243. The molecule has 8 heteroatoms. The van der Waals surface area contributed by atoms with E-state index < -0.39 is 5.63 Å². The molecule has 2 aromatic carbocycles. The second kappa shape index (κ2) is 8.26. The number of allylic oxidation sites excluding steroid dienone is 1. The van der Waals surface area contributed by atoms with Gasteiger partial charge in [0.1, 0.15) is 11.3 Å². The summed E-state index contributed by atoms with van der Waals surface area (Å²) in [5.74, 6) is 1.31. The van der Waals surface area contributed by atoms with E-state index in [2.05, 4.69) is 32.7 Å². The molecule has 4 aromatic rings. The Bertz CT molecular complexity index is 1250. The van der Waals surface area contributed by atoms with Crippen molar-refractivity contribution in [2.45, 2.75) is 17.5 Å². The molecule has 2 heterocycles. The molecule has 0 aliphatic carbocycles. The van der Waals surface area contributed by atoms with Gasteiger partial charge in [0.2, 0.25) is 0 Å². The maximum Gasteiger partial charge on any atom is 0.336 e. The molecule has 0 unspecified atom stereocenters. The number of aromatic hydroxyl groups is 1. The first-order chi connectivity index (χ1) is 14.0. The lowest BCUT2D eigenvalue weighted by atomic mass is 10.1. The van der Waals surface area contributed by atoms with Gasteiger partial charge in [-0.3, -0.25) is 4.57 Å². The largest absolute Gasteiger partial charge is 0.508 e. The number of thioether (sulfide) groups is 1. The van der Waals surface area contributed by atoms with Crippen LogP contribution < -0.4 is 5.63 Å². The first kappa shape index (κ1) is 19.5. The number of aromatic nitrogens is 3. The van der Waals surface area contributed by atoms with Crippen LogP contribution in [-0.2, 0) is 12.3 Å². The number of hydrogen-bond acceptors (Lipinski definition) is 6. The third-order valence-corrected chi connectivity index (χ3v) is 5.85. The fourth-order valence-corrected chi connectivity index (χ4v) is 4.19. The summed E-state index contributed by atoms with van der Waals surface area (Å²) in [6.07, 6.45) is 1.80. The second-order valence-electron chi connectivity index (χ2n) is 6.27. The van der Waals surface area contributed by atoms with Crippen molar-refractivity contribution in [3.05, 3.63) is 81.6 Å². The van der Waals surface area contributed by atoms with Crippen LogP contribution in [0.4, 0.5) is 0 Å². The van der Waals surface area contributed by atoms with Crippen molar-refractivity contribution in [2.75, 3.05) is 0 Å². The number of phenolic OH excluding ortho intramolecular Hbond substituents is 1. The predicted octanol–water partition coefficient (Wildman–Crippen LogP) is 5.00. The minimum atomic E-state index is -0.457. The SMILES string of the molecule is C=CCn1c(SCc2cc(=O)oc3cc(O)ccc23)nnc1-c1ccc(Br)cc1. The Kier molecular flexibility index (Phi) is 5.55. The van der Waals surface area contributed by atoms with E-state index in [9.17, 15) is 9.90 Å². The number of benzene rings is 2. The Labute approximate surface area is 179 Å². The fraction of sp³-hybridized carbons (Fsp3) is 0.0952. The molecule has 0 atom stereocenters. The minimum absolute atomic E-state index is 0.0512. The second-order valence-corrected chi connectivity index (χ2v) is 8.13. The summed E-state index contributed by atoms with van der Waals surface area (Å²) in [6.45, 7) is 4.40. The molecule has 0 aliphatic heterocycles. The standard InChI is InChI=1S/C21H16BrN3O3S/c1-2-9-25-20(13-3-5-15(22)6-4-13)23-24-21(25)29-12-14-10-19(27)28-18-11-16(26)7-8-17(14)18/h2-8,10-11,26H,1,9,12H2. The average Bonchev–Trinajstić information content (AvgIpc) is 3.09. The van der Waals surface area contributed by atoms with Crippen LogP contribution in [-0.4, -0.2) is 19.9 Å². The molecule has 0 amide bonds. The molecule has 0 aliphatic rings. The lowest BCUT2D eigenvalue weighted by molar-refractivity contribution is 0.473. The topological polar surface area (TPSA) is 81.2 Å². The molecule has 6 nitrogen and oxygen atoms in total. The maximum atomic E-state index is 11.9. The lowest BCUT2D eigenvalue weighted by Crippen LogP contribution is -2.02. The Morgan fingerprint density at radius 3 is 2.72 bits per heavy atom. The molecule has 0 saturated heterocycles. The third-order valence-electron chi connectivity index (χ3n) is 4.30. The van der Waals surface area contributed by atoms with Gasteiger partial charge in [0.05, 0.1) is 0 Å².